The first-order chi connectivity index (χ1) is 9.78. The second-order valence-electron chi connectivity index (χ2n) is 5.19. The van der Waals surface area contributed by atoms with E-state index in [1.165, 1.54) is 37.0 Å². The predicted octanol–water partition coefficient (Wildman–Crippen LogP) is 2.75. The van der Waals surface area contributed by atoms with Gasteiger partial charge in [0.1, 0.15) is 10.5 Å². The second-order valence-corrected chi connectivity index (χ2v) is 7.19. The van der Waals surface area contributed by atoms with Gasteiger partial charge in [-0.3, -0.25) is 4.79 Å². The monoisotopic (exact) mass is 309 g/mol. The maximum atomic E-state index is 11.9. The Hall–Kier alpha value is -0.850. The highest BCUT2D eigenvalue weighted by atomic mass is 32.2. The van der Waals surface area contributed by atoms with Crippen LogP contribution in [0.4, 0.5) is 0 Å². The van der Waals surface area contributed by atoms with Crippen LogP contribution in [0.15, 0.2) is 16.2 Å². The van der Waals surface area contributed by atoms with Crippen LogP contribution in [0.3, 0.4) is 0 Å². The van der Waals surface area contributed by atoms with E-state index in [2.05, 4.69) is 21.5 Å². The van der Waals surface area contributed by atoms with E-state index in [9.17, 15) is 4.79 Å². The van der Waals surface area contributed by atoms with Crippen LogP contribution < -0.4 is 10.9 Å². The number of hydrogen-bond acceptors (Lipinski definition) is 5. The van der Waals surface area contributed by atoms with Gasteiger partial charge in [0.25, 0.3) is 5.56 Å². The van der Waals surface area contributed by atoms with E-state index in [0.717, 1.165) is 11.3 Å². The molecular weight excluding hydrogens is 290 g/mol. The van der Waals surface area contributed by atoms with E-state index < -0.39 is 0 Å². The molecule has 0 bridgehead atoms. The van der Waals surface area contributed by atoms with Gasteiger partial charge < -0.3 is 10.3 Å². The molecule has 108 valence electrons. The number of nitrogens with zero attached hydrogens (tertiary/aromatic N) is 1. The minimum absolute atomic E-state index is 0.0214. The van der Waals surface area contributed by atoms with Crippen molar-refractivity contribution in [1.82, 2.24) is 15.3 Å². The Morgan fingerprint density at radius 1 is 1.50 bits per heavy atom. The number of rotatable bonds is 4. The summed E-state index contributed by atoms with van der Waals surface area (Å²) in [5.74, 6) is 0.742. The van der Waals surface area contributed by atoms with Crippen molar-refractivity contribution in [1.29, 1.82) is 0 Å². The fourth-order valence-corrected chi connectivity index (χ4v) is 4.53. The van der Waals surface area contributed by atoms with E-state index >= 15 is 0 Å². The molecule has 2 N–H and O–H groups in total. The Kier molecular flexibility index (Phi) is 4.43. The molecule has 0 aliphatic heterocycles. The Balaban J connectivity index is 1.71. The molecule has 6 heteroatoms. The number of aromatic amines is 1. The minimum Gasteiger partial charge on any atom is -0.308 e. The summed E-state index contributed by atoms with van der Waals surface area (Å²) in [6, 6.07) is 2.44. The van der Waals surface area contributed by atoms with Crippen LogP contribution >= 0.6 is 23.1 Å². The van der Waals surface area contributed by atoms with Crippen molar-refractivity contribution in [3.8, 4) is 0 Å². The molecule has 2 unspecified atom stereocenters. The van der Waals surface area contributed by atoms with Crippen molar-refractivity contribution < 1.29 is 0 Å². The van der Waals surface area contributed by atoms with Crippen LogP contribution in [-0.4, -0.2) is 27.5 Å². The summed E-state index contributed by atoms with van der Waals surface area (Å²) in [5, 5.41) is 6.17. The normalized spacial score (nSPS) is 23.2. The molecule has 2 atom stereocenters. The molecule has 4 nitrogen and oxygen atoms in total. The fourth-order valence-electron chi connectivity index (χ4n) is 2.85. The maximum Gasteiger partial charge on any atom is 0.268 e. The zero-order valence-corrected chi connectivity index (χ0v) is 13.1. The maximum absolute atomic E-state index is 11.9. The summed E-state index contributed by atoms with van der Waals surface area (Å²) in [6.45, 7) is 0.642. The van der Waals surface area contributed by atoms with Crippen molar-refractivity contribution in [3.63, 3.8) is 0 Å². The Morgan fingerprint density at radius 2 is 2.35 bits per heavy atom. The standard InChI is InChI=1S/C14H19N3OS2/c1-19-11-5-3-2-4-9(11)15-8-12-16-10-6-7-20-13(10)14(18)17-12/h6-7,9,11,15H,2-5,8H2,1H3,(H,16,17,18). The van der Waals surface area contributed by atoms with Crippen molar-refractivity contribution in [2.75, 3.05) is 6.26 Å². The van der Waals surface area contributed by atoms with E-state index in [0.29, 0.717) is 22.5 Å². The van der Waals surface area contributed by atoms with Gasteiger partial charge >= 0.3 is 0 Å². The van der Waals surface area contributed by atoms with Gasteiger partial charge in [-0.05, 0) is 30.5 Å². The number of fused-ring (bicyclic) bond motifs is 1. The fraction of sp³-hybridized carbons (Fsp3) is 0.571. The first kappa shape index (κ1) is 14.1. The molecule has 20 heavy (non-hydrogen) atoms. The van der Waals surface area contributed by atoms with Crippen LogP contribution in [0.5, 0.6) is 0 Å². The van der Waals surface area contributed by atoms with E-state index in [1.807, 2.05) is 23.2 Å². The second kappa shape index (κ2) is 6.28. The summed E-state index contributed by atoms with van der Waals surface area (Å²) < 4.78 is 0.716. The van der Waals surface area contributed by atoms with Gasteiger partial charge in [-0.15, -0.1) is 11.3 Å². The van der Waals surface area contributed by atoms with Gasteiger partial charge in [0.05, 0.1) is 12.1 Å². The third-order valence-electron chi connectivity index (χ3n) is 3.90. The molecule has 0 aromatic carbocycles. The van der Waals surface area contributed by atoms with Crippen LogP contribution in [0.25, 0.3) is 10.2 Å². The highest BCUT2D eigenvalue weighted by Crippen LogP contribution is 2.27. The van der Waals surface area contributed by atoms with Crippen LogP contribution in [-0.2, 0) is 6.54 Å². The van der Waals surface area contributed by atoms with Crippen molar-refractivity contribution in [2.45, 2.75) is 43.5 Å². The summed E-state index contributed by atoms with van der Waals surface area (Å²) in [4.78, 5) is 19.3. The molecule has 1 saturated carbocycles. The topological polar surface area (TPSA) is 57.8 Å². The minimum atomic E-state index is -0.0214. The third kappa shape index (κ3) is 2.92. The van der Waals surface area contributed by atoms with Gasteiger partial charge in [0.2, 0.25) is 0 Å². The first-order valence-electron chi connectivity index (χ1n) is 7.00. The largest absolute Gasteiger partial charge is 0.308 e. The van der Waals surface area contributed by atoms with Gasteiger partial charge in [0, 0.05) is 11.3 Å². The molecule has 1 fully saturated rings. The van der Waals surface area contributed by atoms with Crippen molar-refractivity contribution >= 4 is 33.3 Å². The summed E-state index contributed by atoms with van der Waals surface area (Å²) >= 11 is 3.39. The van der Waals surface area contributed by atoms with E-state index in [-0.39, 0.29) is 5.56 Å². The van der Waals surface area contributed by atoms with Gasteiger partial charge in [-0.1, -0.05) is 12.8 Å². The molecular formula is C14H19N3OS2. The molecule has 2 heterocycles. The number of thiophene rings is 1. The number of aromatic nitrogens is 2. The molecule has 0 amide bonds. The molecule has 2 aromatic rings. The summed E-state index contributed by atoms with van der Waals surface area (Å²) in [6.07, 6.45) is 7.31. The SMILES string of the molecule is CSC1CCCCC1NCc1nc2ccsc2c(=O)[nH]1. The lowest BCUT2D eigenvalue weighted by atomic mass is 9.95. The van der Waals surface area contributed by atoms with Crippen molar-refractivity contribution in [2.24, 2.45) is 0 Å². The Morgan fingerprint density at radius 3 is 3.20 bits per heavy atom. The lowest BCUT2D eigenvalue weighted by Gasteiger charge is -2.30. The van der Waals surface area contributed by atoms with Crippen molar-refractivity contribution in [3.05, 3.63) is 27.6 Å². The van der Waals surface area contributed by atoms with E-state index in [4.69, 9.17) is 0 Å². The summed E-state index contributed by atoms with van der Waals surface area (Å²) in [5.41, 5.74) is 0.785. The molecule has 0 spiro atoms. The smallest absolute Gasteiger partial charge is 0.268 e. The molecule has 1 aliphatic carbocycles. The number of H-pyrrole nitrogens is 1. The molecule has 0 radical (unpaired) electrons. The number of thioether (sulfide) groups is 1. The molecule has 2 aromatic heterocycles. The van der Waals surface area contributed by atoms with Crippen LogP contribution in [0.1, 0.15) is 31.5 Å². The molecule has 3 rings (SSSR count). The molecule has 1 aliphatic rings. The van der Waals surface area contributed by atoms with E-state index in [1.54, 1.807) is 0 Å². The zero-order chi connectivity index (χ0) is 13.9. The Bertz CT molecular complexity index is 637. The lowest BCUT2D eigenvalue weighted by molar-refractivity contribution is 0.380. The Labute approximate surface area is 126 Å². The van der Waals surface area contributed by atoms with Gasteiger partial charge in [0.15, 0.2) is 0 Å². The number of hydrogen-bond donors (Lipinski definition) is 2. The molecule has 0 saturated heterocycles. The average Bonchev–Trinajstić information content (AvgIpc) is 2.94. The third-order valence-corrected chi connectivity index (χ3v) is 5.97. The average molecular weight is 309 g/mol. The highest BCUT2D eigenvalue weighted by Gasteiger charge is 2.23. The van der Waals surface area contributed by atoms with Crippen LogP contribution in [0.2, 0.25) is 0 Å². The summed E-state index contributed by atoms with van der Waals surface area (Å²) in [7, 11) is 0. The predicted molar refractivity (Wildman–Crippen MR) is 86.6 cm³/mol. The zero-order valence-electron chi connectivity index (χ0n) is 11.5. The number of nitrogens with one attached hydrogen (secondary N) is 2. The van der Waals surface area contributed by atoms with Crippen LogP contribution in [0, 0.1) is 0 Å². The first-order valence-corrected chi connectivity index (χ1v) is 9.17. The lowest BCUT2D eigenvalue weighted by Crippen LogP contribution is -2.40. The highest BCUT2D eigenvalue weighted by molar-refractivity contribution is 7.99. The van der Waals surface area contributed by atoms with Gasteiger partial charge in [-0.25, -0.2) is 4.98 Å². The quantitative estimate of drug-likeness (QED) is 0.912. The van der Waals surface area contributed by atoms with Gasteiger partial charge in [-0.2, -0.15) is 11.8 Å².